The number of benzene rings is 3. The van der Waals surface area contributed by atoms with Crippen molar-refractivity contribution < 1.29 is 13.2 Å². The summed E-state index contributed by atoms with van der Waals surface area (Å²) in [7, 11) is -3.78. The van der Waals surface area contributed by atoms with Gasteiger partial charge in [0, 0.05) is 11.3 Å². The molecule has 0 heterocycles. The molecule has 0 saturated carbocycles. The molecule has 7 heteroatoms. The van der Waals surface area contributed by atoms with E-state index in [1.54, 1.807) is 12.1 Å². The van der Waals surface area contributed by atoms with E-state index in [2.05, 4.69) is 10.0 Å². The average molecular weight is 429 g/mol. The van der Waals surface area contributed by atoms with Gasteiger partial charge in [-0.2, -0.15) is 0 Å². The first-order valence-corrected chi connectivity index (χ1v) is 10.8. The number of aryl methyl sites for hydroxylation is 3. The Bertz CT molecular complexity index is 1170. The molecule has 0 spiro atoms. The van der Waals surface area contributed by atoms with Crippen LogP contribution >= 0.6 is 11.6 Å². The normalized spacial score (nSPS) is 11.2. The van der Waals surface area contributed by atoms with Gasteiger partial charge in [0.25, 0.3) is 15.9 Å². The summed E-state index contributed by atoms with van der Waals surface area (Å²) in [6.07, 6.45) is 0. The molecule has 150 valence electrons. The summed E-state index contributed by atoms with van der Waals surface area (Å²) in [4.78, 5) is 12.7. The summed E-state index contributed by atoms with van der Waals surface area (Å²) in [5.41, 5.74) is 4.26. The van der Waals surface area contributed by atoms with E-state index in [1.165, 1.54) is 30.3 Å². The molecule has 0 aliphatic carbocycles. The number of halogens is 1. The zero-order valence-electron chi connectivity index (χ0n) is 16.3. The van der Waals surface area contributed by atoms with Crippen molar-refractivity contribution >= 4 is 38.9 Å². The first kappa shape index (κ1) is 20.9. The van der Waals surface area contributed by atoms with E-state index < -0.39 is 10.0 Å². The summed E-state index contributed by atoms with van der Waals surface area (Å²) in [5, 5.41) is 2.98. The number of hydrogen-bond donors (Lipinski definition) is 2. The zero-order chi connectivity index (χ0) is 21.2. The van der Waals surface area contributed by atoms with E-state index in [0.717, 1.165) is 16.7 Å². The smallest absolute Gasteiger partial charge is 0.261 e. The number of carbonyl (C=O) groups excluding carboxylic acids is 1. The second-order valence-electron chi connectivity index (χ2n) is 6.89. The summed E-state index contributed by atoms with van der Waals surface area (Å²) in [6.45, 7) is 5.77. The Morgan fingerprint density at radius 3 is 2.07 bits per heavy atom. The van der Waals surface area contributed by atoms with Gasteiger partial charge in [0.1, 0.15) is 0 Å². The standard InChI is InChI=1S/C22H21ClN2O3S/c1-14-4-8-18(9-5-14)29(27,28)25-21-11-7-17(13-19(21)23)22(26)24-20-10-6-15(2)12-16(20)3/h4-13,25H,1-3H3,(H,24,26). The van der Waals surface area contributed by atoms with Crippen LogP contribution in [0.4, 0.5) is 11.4 Å². The average Bonchev–Trinajstić information content (AvgIpc) is 2.66. The highest BCUT2D eigenvalue weighted by Gasteiger charge is 2.17. The lowest BCUT2D eigenvalue weighted by Crippen LogP contribution is -2.15. The number of nitrogens with one attached hydrogen (secondary N) is 2. The maximum atomic E-state index is 12.5. The number of sulfonamides is 1. The Kier molecular flexibility index (Phi) is 5.96. The highest BCUT2D eigenvalue weighted by molar-refractivity contribution is 7.92. The third-order valence-corrected chi connectivity index (χ3v) is 6.13. The molecule has 0 radical (unpaired) electrons. The van der Waals surface area contributed by atoms with Gasteiger partial charge >= 0.3 is 0 Å². The fourth-order valence-electron chi connectivity index (χ4n) is 2.81. The van der Waals surface area contributed by atoms with Gasteiger partial charge < -0.3 is 5.32 Å². The Hall–Kier alpha value is -2.83. The summed E-state index contributed by atoms with van der Waals surface area (Å²) >= 11 is 6.24. The van der Waals surface area contributed by atoms with Crippen LogP contribution in [0.5, 0.6) is 0 Å². The molecule has 0 fully saturated rings. The van der Waals surface area contributed by atoms with Gasteiger partial charge in [0.05, 0.1) is 15.6 Å². The van der Waals surface area contributed by atoms with Crippen molar-refractivity contribution in [2.45, 2.75) is 25.7 Å². The molecule has 3 aromatic rings. The van der Waals surface area contributed by atoms with Gasteiger partial charge in [-0.1, -0.05) is 47.0 Å². The van der Waals surface area contributed by atoms with Gasteiger partial charge in [-0.25, -0.2) is 8.42 Å². The minimum atomic E-state index is -3.78. The van der Waals surface area contributed by atoms with Crippen LogP contribution in [0.1, 0.15) is 27.0 Å². The second-order valence-corrected chi connectivity index (χ2v) is 8.98. The molecule has 0 atom stereocenters. The molecule has 0 aliphatic heterocycles. The Labute approximate surface area is 175 Å². The topological polar surface area (TPSA) is 75.3 Å². The van der Waals surface area contributed by atoms with Crippen LogP contribution in [-0.2, 0) is 10.0 Å². The highest BCUT2D eigenvalue weighted by Crippen LogP contribution is 2.27. The van der Waals surface area contributed by atoms with Crippen molar-refractivity contribution in [3.63, 3.8) is 0 Å². The SMILES string of the molecule is Cc1ccc(S(=O)(=O)Nc2ccc(C(=O)Nc3ccc(C)cc3C)cc2Cl)cc1. The van der Waals surface area contributed by atoms with E-state index >= 15 is 0 Å². The molecule has 2 N–H and O–H groups in total. The molecule has 0 unspecified atom stereocenters. The quantitative estimate of drug-likeness (QED) is 0.577. The minimum Gasteiger partial charge on any atom is -0.322 e. The van der Waals surface area contributed by atoms with E-state index in [-0.39, 0.29) is 21.5 Å². The first-order valence-electron chi connectivity index (χ1n) is 8.93. The lowest BCUT2D eigenvalue weighted by molar-refractivity contribution is 0.102. The van der Waals surface area contributed by atoms with Crippen molar-refractivity contribution in [2.24, 2.45) is 0 Å². The van der Waals surface area contributed by atoms with Crippen molar-refractivity contribution in [3.05, 3.63) is 87.9 Å². The first-order chi connectivity index (χ1) is 13.7. The van der Waals surface area contributed by atoms with Gasteiger partial charge in [-0.3, -0.25) is 9.52 Å². The molecular formula is C22H21ClN2O3S. The molecular weight excluding hydrogens is 408 g/mol. The molecule has 0 aromatic heterocycles. The molecule has 3 rings (SSSR count). The molecule has 29 heavy (non-hydrogen) atoms. The Morgan fingerprint density at radius 2 is 1.45 bits per heavy atom. The third kappa shape index (κ3) is 4.96. The zero-order valence-corrected chi connectivity index (χ0v) is 17.9. The monoisotopic (exact) mass is 428 g/mol. The fraction of sp³-hybridized carbons (Fsp3) is 0.136. The molecule has 0 bridgehead atoms. The number of carbonyl (C=O) groups is 1. The van der Waals surface area contributed by atoms with E-state index in [0.29, 0.717) is 11.3 Å². The van der Waals surface area contributed by atoms with E-state index in [1.807, 2.05) is 39.0 Å². The third-order valence-electron chi connectivity index (χ3n) is 4.44. The molecule has 0 saturated heterocycles. The lowest BCUT2D eigenvalue weighted by Gasteiger charge is -2.12. The van der Waals surface area contributed by atoms with Gasteiger partial charge in [0.2, 0.25) is 0 Å². The second kappa shape index (κ2) is 8.27. The van der Waals surface area contributed by atoms with E-state index in [4.69, 9.17) is 11.6 Å². The fourth-order valence-corrected chi connectivity index (χ4v) is 4.17. The van der Waals surface area contributed by atoms with Crippen LogP contribution in [0.2, 0.25) is 5.02 Å². The van der Waals surface area contributed by atoms with Crippen LogP contribution in [0.15, 0.2) is 65.6 Å². The number of amides is 1. The summed E-state index contributed by atoms with van der Waals surface area (Å²) in [6, 6.07) is 16.7. The number of rotatable bonds is 5. The van der Waals surface area contributed by atoms with Crippen LogP contribution in [0, 0.1) is 20.8 Å². The molecule has 5 nitrogen and oxygen atoms in total. The summed E-state index contributed by atoms with van der Waals surface area (Å²) < 4.78 is 27.5. The largest absolute Gasteiger partial charge is 0.322 e. The Balaban J connectivity index is 1.79. The number of anilines is 2. The van der Waals surface area contributed by atoms with Crippen LogP contribution in [0.25, 0.3) is 0 Å². The van der Waals surface area contributed by atoms with Crippen molar-refractivity contribution in [2.75, 3.05) is 10.0 Å². The van der Waals surface area contributed by atoms with Gasteiger partial charge in [-0.05, 0) is 62.7 Å². The molecule has 0 aliphatic rings. The van der Waals surface area contributed by atoms with Crippen LogP contribution in [-0.4, -0.2) is 14.3 Å². The maximum absolute atomic E-state index is 12.5. The van der Waals surface area contributed by atoms with Gasteiger partial charge in [0.15, 0.2) is 0 Å². The van der Waals surface area contributed by atoms with E-state index in [9.17, 15) is 13.2 Å². The molecule has 1 amide bonds. The lowest BCUT2D eigenvalue weighted by atomic mass is 10.1. The van der Waals surface area contributed by atoms with Gasteiger partial charge in [-0.15, -0.1) is 0 Å². The van der Waals surface area contributed by atoms with Crippen molar-refractivity contribution in [1.29, 1.82) is 0 Å². The van der Waals surface area contributed by atoms with Crippen molar-refractivity contribution in [1.82, 2.24) is 0 Å². The highest BCUT2D eigenvalue weighted by atomic mass is 35.5. The maximum Gasteiger partial charge on any atom is 0.261 e. The predicted octanol–water partition coefficient (Wildman–Crippen LogP) is 5.32. The van der Waals surface area contributed by atoms with Crippen LogP contribution < -0.4 is 10.0 Å². The number of hydrogen-bond acceptors (Lipinski definition) is 3. The predicted molar refractivity (Wildman–Crippen MR) is 117 cm³/mol. The Morgan fingerprint density at radius 1 is 0.828 bits per heavy atom. The minimum absolute atomic E-state index is 0.133. The van der Waals surface area contributed by atoms with Crippen LogP contribution in [0.3, 0.4) is 0 Å². The summed E-state index contributed by atoms with van der Waals surface area (Å²) in [5.74, 6) is -0.327. The van der Waals surface area contributed by atoms with Crippen molar-refractivity contribution in [3.8, 4) is 0 Å². The molecule has 3 aromatic carbocycles.